The van der Waals surface area contributed by atoms with E-state index in [-0.39, 0.29) is 42.7 Å². The van der Waals surface area contributed by atoms with Crippen LogP contribution in [0.2, 0.25) is 0 Å². The number of amides is 2. The van der Waals surface area contributed by atoms with Gasteiger partial charge in [-0.2, -0.15) is 0 Å². The van der Waals surface area contributed by atoms with Gasteiger partial charge in [-0.15, -0.1) is 0 Å². The third-order valence-corrected chi connectivity index (χ3v) is 6.34. The first-order valence-corrected chi connectivity index (χ1v) is 12.1. The van der Waals surface area contributed by atoms with Crippen LogP contribution in [0.15, 0.2) is 41.7 Å². The highest BCUT2D eigenvalue weighted by Gasteiger charge is 2.41. The van der Waals surface area contributed by atoms with Crippen LogP contribution >= 0.6 is 0 Å². The number of nitrogens with zero attached hydrogens (tertiary/aromatic N) is 3. The largest absolute Gasteiger partial charge is 0.510 e. The Kier molecular flexibility index (Phi) is 8.68. The van der Waals surface area contributed by atoms with Crippen LogP contribution in [0.3, 0.4) is 0 Å². The minimum absolute atomic E-state index is 0.00392. The fraction of sp³-hybridized carbons (Fsp3) is 0.560. The Labute approximate surface area is 201 Å². The quantitative estimate of drug-likeness (QED) is 0.340. The molecule has 2 aliphatic rings. The van der Waals surface area contributed by atoms with E-state index in [0.717, 1.165) is 18.4 Å². The van der Waals surface area contributed by atoms with E-state index >= 15 is 0 Å². The van der Waals surface area contributed by atoms with Crippen LogP contribution in [0, 0.1) is 11.3 Å². The minimum Gasteiger partial charge on any atom is -0.510 e. The zero-order valence-corrected chi connectivity index (χ0v) is 20.3. The molecule has 9 heteroatoms. The van der Waals surface area contributed by atoms with Crippen LogP contribution in [0.1, 0.15) is 45.6 Å². The lowest BCUT2D eigenvalue weighted by Crippen LogP contribution is -2.60. The number of nitrogens with one attached hydrogen (secondary N) is 2. The summed E-state index contributed by atoms with van der Waals surface area (Å²) >= 11 is 0. The SMILES string of the molecule is CCN1C(=O)C(=C(O)CN2CCCC[C@@H]2C(=O)NCC(C)C)C(=N)N(Cc2ccccc2)C1O. The van der Waals surface area contributed by atoms with Crippen molar-refractivity contribution < 1.29 is 19.8 Å². The van der Waals surface area contributed by atoms with Gasteiger partial charge in [0.1, 0.15) is 17.2 Å². The van der Waals surface area contributed by atoms with Crippen LogP contribution in [0.25, 0.3) is 0 Å². The molecule has 2 amide bonds. The fourth-order valence-electron chi connectivity index (χ4n) is 4.46. The predicted octanol–water partition coefficient (Wildman–Crippen LogP) is 2.04. The molecule has 1 aromatic rings. The summed E-state index contributed by atoms with van der Waals surface area (Å²) in [6.45, 7) is 7.44. The number of amidine groups is 1. The first kappa shape index (κ1) is 25.7. The second kappa shape index (κ2) is 11.5. The van der Waals surface area contributed by atoms with E-state index < -0.39 is 18.3 Å². The number of carbonyl (C=O) groups excluding carboxylic acids is 2. The van der Waals surface area contributed by atoms with Gasteiger partial charge in [-0.1, -0.05) is 50.6 Å². The lowest BCUT2D eigenvalue weighted by Gasteiger charge is -2.42. The van der Waals surface area contributed by atoms with Gasteiger partial charge in [0.05, 0.1) is 12.6 Å². The monoisotopic (exact) mass is 471 g/mol. The molecule has 9 nitrogen and oxygen atoms in total. The molecule has 2 aliphatic heterocycles. The third-order valence-electron chi connectivity index (χ3n) is 6.34. The van der Waals surface area contributed by atoms with E-state index in [4.69, 9.17) is 5.41 Å². The molecule has 2 heterocycles. The van der Waals surface area contributed by atoms with Gasteiger partial charge in [0.15, 0.2) is 0 Å². The molecule has 4 N–H and O–H groups in total. The molecule has 0 radical (unpaired) electrons. The summed E-state index contributed by atoms with van der Waals surface area (Å²) < 4.78 is 0. The van der Waals surface area contributed by atoms with Gasteiger partial charge in [0, 0.05) is 19.6 Å². The Balaban J connectivity index is 1.85. The van der Waals surface area contributed by atoms with E-state index in [1.54, 1.807) is 6.92 Å². The van der Waals surface area contributed by atoms with E-state index in [2.05, 4.69) is 5.32 Å². The van der Waals surface area contributed by atoms with Crippen LogP contribution in [-0.4, -0.2) is 81.1 Å². The summed E-state index contributed by atoms with van der Waals surface area (Å²) in [5.74, 6) is -0.797. The molecule has 0 saturated carbocycles. The second-order valence-corrected chi connectivity index (χ2v) is 9.34. The number of aliphatic hydroxyl groups excluding tert-OH is 2. The van der Waals surface area contributed by atoms with Gasteiger partial charge in [0.25, 0.3) is 5.91 Å². The number of hydrogen-bond donors (Lipinski definition) is 4. The second-order valence-electron chi connectivity index (χ2n) is 9.34. The molecule has 2 saturated heterocycles. The lowest BCUT2D eigenvalue weighted by molar-refractivity contribution is -0.151. The minimum atomic E-state index is -1.30. The highest BCUT2D eigenvalue weighted by atomic mass is 16.3. The van der Waals surface area contributed by atoms with Crippen molar-refractivity contribution in [2.45, 2.75) is 59.0 Å². The summed E-state index contributed by atoms with van der Waals surface area (Å²) in [7, 11) is 0. The summed E-state index contributed by atoms with van der Waals surface area (Å²) in [5, 5.41) is 33.5. The Morgan fingerprint density at radius 3 is 2.56 bits per heavy atom. The highest BCUT2D eigenvalue weighted by molar-refractivity contribution is 6.21. The lowest BCUT2D eigenvalue weighted by atomic mass is 10.00. The number of carbonyl (C=O) groups is 2. The van der Waals surface area contributed by atoms with Gasteiger partial charge in [-0.05, 0) is 37.8 Å². The number of benzene rings is 1. The van der Waals surface area contributed by atoms with Crippen molar-refractivity contribution in [3.05, 3.63) is 47.2 Å². The van der Waals surface area contributed by atoms with E-state index in [1.807, 2.05) is 49.1 Å². The van der Waals surface area contributed by atoms with Gasteiger partial charge >= 0.3 is 0 Å². The molecule has 2 fully saturated rings. The van der Waals surface area contributed by atoms with Gasteiger partial charge in [-0.25, -0.2) is 0 Å². The molecule has 1 unspecified atom stereocenters. The Hall–Kier alpha value is -2.91. The van der Waals surface area contributed by atoms with Crippen molar-refractivity contribution in [2.24, 2.45) is 5.92 Å². The van der Waals surface area contributed by atoms with Crippen molar-refractivity contribution in [1.29, 1.82) is 5.41 Å². The first-order valence-electron chi connectivity index (χ1n) is 12.1. The van der Waals surface area contributed by atoms with Crippen molar-refractivity contribution in [3.63, 3.8) is 0 Å². The predicted molar refractivity (Wildman–Crippen MR) is 130 cm³/mol. The van der Waals surface area contributed by atoms with E-state index in [0.29, 0.717) is 25.4 Å². The molecule has 0 aromatic heterocycles. The number of rotatable bonds is 8. The van der Waals surface area contributed by atoms with Crippen LogP contribution < -0.4 is 5.32 Å². The molecule has 0 bridgehead atoms. The summed E-state index contributed by atoms with van der Waals surface area (Å²) in [5.41, 5.74) is 0.739. The average molecular weight is 472 g/mol. The zero-order valence-electron chi connectivity index (χ0n) is 20.3. The molecule has 0 spiro atoms. The Morgan fingerprint density at radius 2 is 1.91 bits per heavy atom. The molecular formula is C25H37N5O4. The van der Waals surface area contributed by atoms with Gasteiger partial charge in [-0.3, -0.25) is 24.8 Å². The summed E-state index contributed by atoms with van der Waals surface area (Å²) in [6, 6.07) is 8.98. The maximum atomic E-state index is 13.1. The van der Waals surface area contributed by atoms with Crippen molar-refractivity contribution in [1.82, 2.24) is 20.0 Å². The van der Waals surface area contributed by atoms with Crippen molar-refractivity contribution in [3.8, 4) is 0 Å². The molecule has 3 rings (SSSR count). The Bertz CT molecular complexity index is 917. The fourth-order valence-corrected chi connectivity index (χ4v) is 4.46. The van der Waals surface area contributed by atoms with Crippen molar-refractivity contribution >= 4 is 17.6 Å². The number of piperidine rings is 1. The van der Waals surface area contributed by atoms with Gasteiger partial charge in [0.2, 0.25) is 12.3 Å². The standard InChI is InChI=1S/C25H37N5O4/c1-4-29-24(33)21(22(26)30(25(29)34)15-18-10-6-5-7-11-18)20(31)16-28-13-9-8-12-19(28)23(32)27-14-17(2)3/h5-7,10-11,17,19,25-26,31,34H,4,8-9,12-16H2,1-3H3,(H,27,32)/t19-,25?/m1/s1. The normalized spacial score (nSPS) is 23.4. The molecule has 186 valence electrons. The van der Waals surface area contributed by atoms with E-state index in [1.165, 1.54) is 9.80 Å². The van der Waals surface area contributed by atoms with E-state index in [9.17, 15) is 19.8 Å². The number of hydrogen-bond acceptors (Lipinski definition) is 6. The van der Waals surface area contributed by atoms with Crippen molar-refractivity contribution in [2.75, 3.05) is 26.2 Å². The molecule has 2 atom stereocenters. The number of likely N-dealkylation sites (N-methyl/N-ethyl adjacent to an activating group) is 1. The van der Waals surface area contributed by atoms with Crippen LogP contribution in [-0.2, 0) is 16.1 Å². The Morgan fingerprint density at radius 1 is 1.21 bits per heavy atom. The first-order chi connectivity index (χ1) is 16.2. The number of likely N-dealkylation sites (tertiary alicyclic amines) is 1. The highest BCUT2D eigenvalue weighted by Crippen LogP contribution is 2.26. The molecular weight excluding hydrogens is 434 g/mol. The van der Waals surface area contributed by atoms with Crippen LogP contribution in [0.5, 0.6) is 0 Å². The summed E-state index contributed by atoms with van der Waals surface area (Å²) in [6.07, 6.45) is 1.19. The molecule has 34 heavy (non-hydrogen) atoms. The zero-order chi connectivity index (χ0) is 24.8. The summed E-state index contributed by atoms with van der Waals surface area (Å²) in [4.78, 5) is 30.4. The number of aliphatic hydroxyl groups is 2. The topological polar surface area (TPSA) is 120 Å². The molecule has 1 aromatic carbocycles. The molecule has 0 aliphatic carbocycles. The van der Waals surface area contributed by atoms with Gasteiger partial charge < -0.3 is 20.4 Å². The maximum absolute atomic E-state index is 13.1. The average Bonchev–Trinajstić information content (AvgIpc) is 2.81. The smallest absolute Gasteiger partial charge is 0.264 e. The maximum Gasteiger partial charge on any atom is 0.264 e. The third kappa shape index (κ3) is 5.77. The van der Waals surface area contributed by atoms with Crippen LogP contribution in [0.4, 0.5) is 0 Å².